The van der Waals surface area contributed by atoms with Crippen LogP contribution in [0.2, 0.25) is 0 Å². The zero-order valence-electron chi connectivity index (χ0n) is 12.9. The van der Waals surface area contributed by atoms with Crippen LogP contribution >= 0.6 is 0 Å². The summed E-state index contributed by atoms with van der Waals surface area (Å²) in [7, 11) is 1.72. The summed E-state index contributed by atoms with van der Waals surface area (Å²) in [5.74, 6) is 0.213. The van der Waals surface area contributed by atoms with E-state index < -0.39 is 5.91 Å². The number of primary amides is 1. The lowest BCUT2D eigenvalue weighted by Crippen LogP contribution is -2.49. The lowest BCUT2D eigenvalue weighted by atomic mass is 9.97. The molecular formula is C15H24N4O2. The summed E-state index contributed by atoms with van der Waals surface area (Å²) in [5, 5.41) is 0. The molecule has 6 heteroatoms. The lowest BCUT2D eigenvalue weighted by molar-refractivity contribution is 0.0707. The van der Waals surface area contributed by atoms with Crippen LogP contribution in [0.1, 0.15) is 34.5 Å². The predicted molar refractivity (Wildman–Crippen MR) is 82.4 cm³/mol. The molecule has 2 unspecified atom stereocenters. The molecule has 21 heavy (non-hydrogen) atoms. The highest BCUT2D eigenvalue weighted by molar-refractivity contribution is 5.99. The van der Waals surface area contributed by atoms with E-state index in [-0.39, 0.29) is 12.1 Å². The maximum Gasteiger partial charge on any atom is 0.252 e. The van der Waals surface area contributed by atoms with E-state index in [1.807, 2.05) is 19.9 Å². The van der Waals surface area contributed by atoms with Gasteiger partial charge in [0.2, 0.25) is 0 Å². The van der Waals surface area contributed by atoms with Crippen LogP contribution in [-0.2, 0) is 4.74 Å². The molecule has 2 rings (SSSR count). The van der Waals surface area contributed by atoms with Gasteiger partial charge < -0.3 is 21.1 Å². The Kier molecular flexibility index (Phi) is 4.80. The molecule has 1 aromatic rings. The first-order chi connectivity index (χ1) is 9.97. The standard InChI is InChI=1S/C15H24N4O2/c1-9-6-10(2)18-15(13(9)14(17)20)19-5-4-12(21-3)7-11(19)8-16/h6,11-12H,4-5,7-8,16H2,1-3H3,(H2,17,20). The second-order valence-corrected chi connectivity index (χ2v) is 5.61. The van der Waals surface area contributed by atoms with Crippen molar-refractivity contribution in [2.45, 2.75) is 38.8 Å². The molecule has 1 aliphatic rings. The quantitative estimate of drug-likeness (QED) is 0.853. The number of anilines is 1. The second-order valence-electron chi connectivity index (χ2n) is 5.61. The Morgan fingerprint density at radius 1 is 1.52 bits per heavy atom. The van der Waals surface area contributed by atoms with E-state index >= 15 is 0 Å². The first kappa shape index (κ1) is 15.7. The molecule has 4 N–H and O–H groups in total. The van der Waals surface area contributed by atoms with Crippen LogP contribution in [0.5, 0.6) is 0 Å². The van der Waals surface area contributed by atoms with Gasteiger partial charge in [-0.1, -0.05) is 0 Å². The van der Waals surface area contributed by atoms with Gasteiger partial charge in [0, 0.05) is 31.9 Å². The van der Waals surface area contributed by atoms with Crippen LogP contribution in [0.4, 0.5) is 5.82 Å². The average molecular weight is 292 g/mol. The molecule has 0 saturated carbocycles. The van der Waals surface area contributed by atoms with E-state index in [0.717, 1.165) is 30.6 Å². The van der Waals surface area contributed by atoms with Gasteiger partial charge in [-0.25, -0.2) is 4.98 Å². The van der Waals surface area contributed by atoms with Crippen LogP contribution in [0.3, 0.4) is 0 Å². The Bertz CT molecular complexity index is 533. The molecule has 116 valence electrons. The zero-order chi connectivity index (χ0) is 15.6. The van der Waals surface area contributed by atoms with Crippen molar-refractivity contribution in [3.05, 3.63) is 22.9 Å². The number of piperidine rings is 1. The summed E-state index contributed by atoms with van der Waals surface area (Å²) in [5.41, 5.74) is 13.7. The fourth-order valence-corrected chi connectivity index (χ4v) is 3.06. The molecule has 0 aromatic carbocycles. The molecule has 0 spiro atoms. The Balaban J connectivity index is 2.42. The van der Waals surface area contributed by atoms with E-state index in [2.05, 4.69) is 9.88 Å². The fraction of sp³-hybridized carbons (Fsp3) is 0.600. The fourth-order valence-electron chi connectivity index (χ4n) is 3.06. The predicted octanol–water partition coefficient (Wildman–Crippen LogP) is 0.740. The number of rotatable bonds is 4. The molecule has 0 bridgehead atoms. The first-order valence-electron chi connectivity index (χ1n) is 7.25. The molecule has 1 saturated heterocycles. The van der Waals surface area contributed by atoms with Gasteiger partial charge in [0.05, 0.1) is 11.7 Å². The molecule has 1 aromatic heterocycles. The summed E-state index contributed by atoms with van der Waals surface area (Å²) in [6.45, 7) is 5.06. The van der Waals surface area contributed by atoms with Gasteiger partial charge in [0.25, 0.3) is 5.91 Å². The van der Waals surface area contributed by atoms with Crippen molar-refractivity contribution in [3.63, 3.8) is 0 Å². The minimum absolute atomic E-state index is 0.107. The molecule has 2 heterocycles. The van der Waals surface area contributed by atoms with Crippen LogP contribution in [-0.4, -0.2) is 43.2 Å². The number of nitrogens with zero attached hydrogens (tertiary/aromatic N) is 2. The zero-order valence-corrected chi connectivity index (χ0v) is 12.9. The SMILES string of the molecule is COC1CCN(c2nc(C)cc(C)c2C(N)=O)C(CN)C1. The summed E-state index contributed by atoms with van der Waals surface area (Å²) >= 11 is 0. The number of pyridine rings is 1. The third-order valence-corrected chi connectivity index (χ3v) is 4.12. The smallest absolute Gasteiger partial charge is 0.252 e. The number of ether oxygens (including phenoxy) is 1. The second kappa shape index (κ2) is 6.41. The third kappa shape index (κ3) is 3.16. The number of carbonyl (C=O) groups excluding carboxylic acids is 1. The number of amides is 1. The van der Waals surface area contributed by atoms with E-state index in [1.165, 1.54) is 0 Å². The highest BCUT2D eigenvalue weighted by Gasteiger charge is 2.31. The Hall–Kier alpha value is -1.66. The average Bonchev–Trinajstić information content (AvgIpc) is 2.45. The van der Waals surface area contributed by atoms with Gasteiger partial charge in [-0.15, -0.1) is 0 Å². The minimum Gasteiger partial charge on any atom is -0.381 e. The molecule has 0 aliphatic carbocycles. The van der Waals surface area contributed by atoms with Crippen molar-refractivity contribution < 1.29 is 9.53 Å². The molecule has 0 radical (unpaired) electrons. The summed E-state index contributed by atoms with van der Waals surface area (Å²) < 4.78 is 5.44. The maximum atomic E-state index is 11.8. The van der Waals surface area contributed by atoms with Gasteiger partial charge >= 0.3 is 0 Å². The van der Waals surface area contributed by atoms with E-state index in [4.69, 9.17) is 16.2 Å². The number of methoxy groups -OCH3 is 1. The van der Waals surface area contributed by atoms with Gasteiger partial charge in [0.15, 0.2) is 0 Å². The van der Waals surface area contributed by atoms with E-state index in [9.17, 15) is 4.79 Å². The van der Waals surface area contributed by atoms with Gasteiger partial charge in [0.1, 0.15) is 5.82 Å². The lowest BCUT2D eigenvalue weighted by Gasteiger charge is -2.40. The van der Waals surface area contributed by atoms with Crippen molar-refractivity contribution in [1.82, 2.24) is 4.98 Å². The molecular weight excluding hydrogens is 268 g/mol. The van der Waals surface area contributed by atoms with E-state index in [0.29, 0.717) is 17.9 Å². The van der Waals surface area contributed by atoms with Crippen LogP contribution in [0.25, 0.3) is 0 Å². The van der Waals surface area contributed by atoms with Gasteiger partial charge in [-0.2, -0.15) is 0 Å². The topological polar surface area (TPSA) is 94.5 Å². The van der Waals surface area contributed by atoms with Crippen molar-refractivity contribution in [3.8, 4) is 0 Å². The minimum atomic E-state index is -0.445. The van der Waals surface area contributed by atoms with Crippen molar-refractivity contribution in [2.24, 2.45) is 11.5 Å². The molecule has 2 atom stereocenters. The van der Waals surface area contributed by atoms with Crippen LogP contribution in [0.15, 0.2) is 6.07 Å². The van der Waals surface area contributed by atoms with Gasteiger partial charge in [-0.3, -0.25) is 4.79 Å². The largest absolute Gasteiger partial charge is 0.381 e. The van der Waals surface area contributed by atoms with Crippen LogP contribution < -0.4 is 16.4 Å². The molecule has 1 aliphatic heterocycles. The monoisotopic (exact) mass is 292 g/mol. The molecule has 1 amide bonds. The number of carbonyl (C=O) groups is 1. The van der Waals surface area contributed by atoms with Crippen LogP contribution in [0, 0.1) is 13.8 Å². The summed E-state index contributed by atoms with van der Waals surface area (Å²) in [6.07, 6.45) is 1.93. The van der Waals surface area contributed by atoms with Crippen molar-refractivity contribution in [1.29, 1.82) is 0 Å². The third-order valence-electron chi connectivity index (χ3n) is 4.12. The summed E-state index contributed by atoms with van der Waals surface area (Å²) in [4.78, 5) is 18.5. The molecule has 1 fully saturated rings. The number of aromatic nitrogens is 1. The number of hydrogen-bond donors (Lipinski definition) is 2. The number of aryl methyl sites for hydroxylation is 2. The van der Waals surface area contributed by atoms with Gasteiger partial charge in [-0.05, 0) is 38.3 Å². The highest BCUT2D eigenvalue weighted by Crippen LogP contribution is 2.29. The number of nitrogens with two attached hydrogens (primary N) is 2. The van der Waals surface area contributed by atoms with Crippen molar-refractivity contribution >= 4 is 11.7 Å². The maximum absolute atomic E-state index is 11.8. The Morgan fingerprint density at radius 2 is 2.24 bits per heavy atom. The number of hydrogen-bond acceptors (Lipinski definition) is 5. The summed E-state index contributed by atoms with van der Waals surface area (Å²) in [6, 6.07) is 1.98. The molecule has 6 nitrogen and oxygen atoms in total. The highest BCUT2D eigenvalue weighted by atomic mass is 16.5. The Morgan fingerprint density at radius 3 is 2.81 bits per heavy atom. The van der Waals surface area contributed by atoms with Crippen molar-refractivity contribution in [2.75, 3.05) is 25.1 Å². The Labute approximate surface area is 125 Å². The normalized spacial score (nSPS) is 22.4. The first-order valence-corrected chi connectivity index (χ1v) is 7.25. The van der Waals surface area contributed by atoms with E-state index in [1.54, 1.807) is 7.11 Å².